The summed E-state index contributed by atoms with van der Waals surface area (Å²) in [6.07, 6.45) is 2.55. The van der Waals surface area contributed by atoms with Crippen LogP contribution >= 0.6 is 22.9 Å². The third kappa shape index (κ3) is 4.19. The predicted octanol–water partition coefficient (Wildman–Crippen LogP) is 3.89. The number of aromatic nitrogens is 1. The zero-order valence-corrected chi connectivity index (χ0v) is 13.7. The first kappa shape index (κ1) is 15.8. The molecule has 0 saturated heterocycles. The van der Waals surface area contributed by atoms with Crippen molar-refractivity contribution in [1.82, 2.24) is 9.88 Å². The molecule has 0 radical (unpaired) electrons. The number of pyridine rings is 1. The number of anilines is 1. The van der Waals surface area contributed by atoms with E-state index in [0.29, 0.717) is 22.9 Å². The fourth-order valence-corrected chi connectivity index (χ4v) is 2.85. The van der Waals surface area contributed by atoms with Crippen LogP contribution in [0.4, 0.5) is 5.82 Å². The number of thiophene rings is 1. The molecule has 0 atom stereocenters. The molecular formula is C15H18ClN3OS. The Kier molecular flexibility index (Phi) is 5.59. The maximum atomic E-state index is 12.4. The van der Waals surface area contributed by atoms with Crippen LogP contribution in [0.3, 0.4) is 0 Å². The molecule has 0 unspecified atom stereocenters. The number of hydrogen-bond acceptors (Lipinski definition) is 4. The minimum atomic E-state index is -0.0835. The summed E-state index contributed by atoms with van der Waals surface area (Å²) in [5.41, 5.74) is 0.501. The van der Waals surface area contributed by atoms with Crippen LogP contribution in [0.25, 0.3) is 0 Å². The van der Waals surface area contributed by atoms with Gasteiger partial charge in [0.1, 0.15) is 5.82 Å². The molecule has 112 valence electrons. The summed E-state index contributed by atoms with van der Waals surface area (Å²) < 4.78 is 0. The van der Waals surface area contributed by atoms with Crippen molar-refractivity contribution in [3.63, 3.8) is 0 Å². The van der Waals surface area contributed by atoms with E-state index in [2.05, 4.69) is 17.2 Å². The number of hydrogen-bond donors (Lipinski definition) is 1. The van der Waals surface area contributed by atoms with E-state index in [1.165, 1.54) is 0 Å². The number of amides is 1. The number of carbonyl (C=O) groups is 1. The maximum Gasteiger partial charge on any atom is 0.255 e. The summed E-state index contributed by atoms with van der Waals surface area (Å²) in [6, 6.07) is 5.65. The number of carbonyl (C=O) groups excluding carboxylic acids is 1. The van der Waals surface area contributed by atoms with Crippen LogP contribution in [-0.2, 0) is 6.54 Å². The molecule has 6 heteroatoms. The second kappa shape index (κ2) is 7.43. The van der Waals surface area contributed by atoms with Gasteiger partial charge in [-0.3, -0.25) is 4.79 Å². The SMILES string of the molecule is CCCNc1ncc(C(=O)N(C)Cc2cccs2)cc1Cl. The summed E-state index contributed by atoms with van der Waals surface area (Å²) in [5, 5.41) is 5.60. The lowest BCUT2D eigenvalue weighted by molar-refractivity contribution is 0.0786. The summed E-state index contributed by atoms with van der Waals surface area (Å²) in [7, 11) is 1.78. The molecule has 2 aromatic rings. The fourth-order valence-electron chi connectivity index (χ4n) is 1.86. The van der Waals surface area contributed by atoms with Crippen LogP contribution in [0.15, 0.2) is 29.8 Å². The van der Waals surface area contributed by atoms with E-state index in [0.717, 1.165) is 17.8 Å². The van der Waals surface area contributed by atoms with Gasteiger partial charge in [0.05, 0.1) is 17.1 Å². The molecular weight excluding hydrogens is 306 g/mol. The zero-order chi connectivity index (χ0) is 15.2. The second-order valence-electron chi connectivity index (χ2n) is 4.72. The van der Waals surface area contributed by atoms with Crippen LogP contribution in [0, 0.1) is 0 Å². The Balaban J connectivity index is 2.06. The van der Waals surface area contributed by atoms with Crippen LogP contribution < -0.4 is 5.32 Å². The third-order valence-corrected chi connectivity index (χ3v) is 4.10. The van der Waals surface area contributed by atoms with E-state index in [4.69, 9.17) is 11.6 Å². The van der Waals surface area contributed by atoms with Crippen molar-refractivity contribution < 1.29 is 4.79 Å². The van der Waals surface area contributed by atoms with Gasteiger partial charge >= 0.3 is 0 Å². The van der Waals surface area contributed by atoms with Gasteiger partial charge in [-0.25, -0.2) is 4.98 Å². The van der Waals surface area contributed by atoms with Crippen molar-refractivity contribution in [2.75, 3.05) is 18.9 Å². The first-order valence-electron chi connectivity index (χ1n) is 6.79. The molecule has 2 heterocycles. The van der Waals surface area contributed by atoms with Gasteiger partial charge in [0.2, 0.25) is 0 Å². The average molecular weight is 324 g/mol. The Morgan fingerprint density at radius 2 is 2.33 bits per heavy atom. The van der Waals surface area contributed by atoms with E-state index >= 15 is 0 Å². The first-order chi connectivity index (χ1) is 10.1. The summed E-state index contributed by atoms with van der Waals surface area (Å²) in [6.45, 7) is 3.46. The molecule has 1 N–H and O–H groups in total. The van der Waals surface area contributed by atoms with Crippen molar-refractivity contribution in [2.24, 2.45) is 0 Å². The Morgan fingerprint density at radius 1 is 1.52 bits per heavy atom. The van der Waals surface area contributed by atoms with Gasteiger partial charge < -0.3 is 10.2 Å². The summed E-state index contributed by atoms with van der Waals surface area (Å²) in [5.74, 6) is 0.538. The number of nitrogens with one attached hydrogen (secondary N) is 1. The first-order valence-corrected chi connectivity index (χ1v) is 8.04. The van der Waals surface area contributed by atoms with Crippen LogP contribution in [-0.4, -0.2) is 29.4 Å². The van der Waals surface area contributed by atoms with Gasteiger partial charge in [-0.1, -0.05) is 24.6 Å². The normalized spacial score (nSPS) is 10.4. The Hall–Kier alpha value is -1.59. The lowest BCUT2D eigenvalue weighted by atomic mass is 10.2. The van der Waals surface area contributed by atoms with Crippen molar-refractivity contribution >= 4 is 34.7 Å². The molecule has 2 rings (SSSR count). The van der Waals surface area contributed by atoms with E-state index in [-0.39, 0.29) is 5.91 Å². The van der Waals surface area contributed by atoms with Gasteiger partial charge in [0.25, 0.3) is 5.91 Å². The average Bonchev–Trinajstić information content (AvgIpc) is 2.98. The van der Waals surface area contributed by atoms with Gasteiger partial charge in [0, 0.05) is 24.7 Å². The molecule has 0 fully saturated rings. The molecule has 0 bridgehead atoms. The predicted molar refractivity (Wildman–Crippen MR) is 88.1 cm³/mol. The highest BCUT2D eigenvalue weighted by atomic mass is 35.5. The van der Waals surface area contributed by atoms with Gasteiger partial charge in [0.15, 0.2) is 0 Å². The van der Waals surface area contributed by atoms with Crippen molar-refractivity contribution in [2.45, 2.75) is 19.9 Å². The molecule has 4 nitrogen and oxygen atoms in total. The standard InChI is InChI=1S/C15H18ClN3OS/c1-3-6-17-14-13(16)8-11(9-18-14)15(20)19(2)10-12-5-4-7-21-12/h4-5,7-9H,3,6,10H2,1-2H3,(H,17,18). The molecule has 21 heavy (non-hydrogen) atoms. The second-order valence-corrected chi connectivity index (χ2v) is 6.16. The molecule has 2 aromatic heterocycles. The zero-order valence-electron chi connectivity index (χ0n) is 12.1. The fraction of sp³-hybridized carbons (Fsp3) is 0.333. The van der Waals surface area contributed by atoms with Gasteiger partial charge in [-0.05, 0) is 23.9 Å². The molecule has 0 aromatic carbocycles. The lowest BCUT2D eigenvalue weighted by Crippen LogP contribution is -2.26. The van der Waals surface area contributed by atoms with Crippen LogP contribution in [0.1, 0.15) is 28.6 Å². The van der Waals surface area contributed by atoms with E-state index in [1.54, 1.807) is 35.5 Å². The summed E-state index contributed by atoms with van der Waals surface area (Å²) >= 11 is 7.80. The van der Waals surface area contributed by atoms with E-state index in [1.807, 2.05) is 17.5 Å². The number of rotatable bonds is 6. The van der Waals surface area contributed by atoms with E-state index < -0.39 is 0 Å². The molecule has 0 saturated carbocycles. The largest absolute Gasteiger partial charge is 0.369 e. The van der Waals surface area contributed by atoms with Crippen molar-refractivity contribution in [3.8, 4) is 0 Å². The van der Waals surface area contributed by atoms with Crippen molar-refractivity contribution in [3.05, 3.63) is 45.2 Å². The minimum Gasteiger partial charge on any atom is -0.369 e. The van der Waals surface area contributed by atoms with Crippen LogP contribution in [0.2, 0.25) is 5.02 Å². The summed E-state index contributed by atoms with van der Waals surface area (Å²) in [4.78, 5) is 19.4. The minimum absolute atomic E-state index is 0.0835. The van der Waals surface area contributed by atoms with E-state index in [9.17, 15) is 4.79 Å². The quantitative estimate of drug-likeness (QED) is 0.877. The maximum absolute atomic E-state index is 12.4. The van der Waals surface area contributed by atoms with Gasteiger partial charge in [-0.2, -0.15) is 0 Å². The number of halogens is 1. The number of nitrogens with zero attached hydrogens (tertiary/aromatic N) is 2. The van der Waals surface area contributed by atoms with Crippen molar-refractivity contribution in [1.29, 1.82) is 0 Å². The molecule has 0 spiro atoms. The molecule has 0 aliphatic carbocycles. The lowest BCUT2D eigenvalue weighted by Gasteiger charge is -2.16. The van der Waals surface area contributed by atoms with Gasteiger partial charge in [-0.15, -0.1) is 11.3 Å². The third-order valence-electron chi connectivity index (χ3n) is 2.95. The van der Waals surface area contributed by atoms with Crippen LogP contribution in [0.5, 0.6) is 0 Å². The highest BCUT2D eigenvalue weighted by molar-refractivity contribution is 7.09. The highest BCUT2D eigenvalue weighted by Gasteiger charge is 2.14. The topological polar surface area (TPSA) is 45.2 Å². The molecule has 0 aliphatic heterocycles. The molecule has 1 amide bonds. The monoisotopic (exact) mass is 323 g/mol. The molecule has 0 aliphatic rings. The Labute approximate surface area is 133 Å². The Bertz CT molecular complexity index is 601. The highest BCUT2D eigenvalue weighted by Crippen LogP contribution is 2.21. The smallest absolute Gasteiger partial charge is 0.255 e. The Morgan fingerprint density at radius 3 is 2.95 bits per heavy atom.